The molecule has 2 nitrogen and oxygen atoms in total. The molecule has 0 aliphatic carbocycles. The van der Waals surface area contributed by atoms with E-state index in [0.29, 0.717) is 6.54 Å². The van der Waals surface area contributed by atoms with Crippen molar-refractivity contribution in [3.05, 3.63) is 29.8 Å². The summed E-state index contributed by atoms with van der Waals surface area (Å²) in [7, 11) is 0. The minimum Gasteiger partial charge on any atom is -0.329 e. The normalized spacial score (nSPS) is 13.0. The Morgan fingerprint density at radius 3 is 2.27 bits per heavy atom. The summed E-state index contributed by atoms with van der Waals surface area (Å²) < 4.78 is 0. The van der Waals surface area contributed by atoms with E-state index >= 15 is 0 Å². The fraction of sp³-hybridized carbons (Fsp3) is 0.250. The third-order valence-electron chi connectivity index (χ3n) is 1.58. The summed E-state index contributed by atoms with van der Waals surface area (Å²) in [6, 6.07) is 7.66. The standard InChI is InChI=1S/C8H12N2S/c9-5-8(10)6-1-3-7(11)4-2-6/h1-4,8,11H,5,9-10H2/t8-/m0/s1. The molecule has 60 valence electrons. The van der Waals surface area contributed by atoms with Gasteiger partial charge in [-0.05, 0) is 17.7 Å². The first kappa shape index (κ1) is 8.59. The SMILES string of the molecule is NC[C@H](N)c1ccc(S)cc1. The maximum Gasteiger partial charge on any atom is 0.0419 e. The molecular formula is C8H12N2S. The van der Waals surface area contributed by atoms with Crippen LogP contribution in [0.3, 0.4) is 0 Å². The first-order valence-corrected chi connectivity index (χ1v) is 3.93. The van der Waals surface area contributed by atoms with Crippen molar-refractivity contribution < 1.29 is 0 Å². The summed E-state index contributed by atoms with van der Waals surface area (Å²) in [4.78, 5) is 0.943. The van der Waals surface area contributed by atoms with Crippen LogP contribution < -0.4 is 11.5 Å². The number of hydrogen-bond donors (Lipinski definition) is 3. The predicted octanol–water partition coefficient (Wildman–Crippen LogP) is 0.934. The Morgan fingerprint density at radius 2 is 1.82 bits per heavy atom. The Bertz CT molecular complexity index is 220. The summed E-state index contributed by atoms with van der Waals surface area (Å²) in [5.74, 6) is 0. The average Bonchev–Trinajstić information content (AvgIpc) is 2.05. The van der Waals surface area contributed by atoms with Gasteiger partial charge in [0.15, 0.2) is 0 Å². The van der Waals surface area contributed by atoms with Gasteiger partial charge < -0.3 is 11.5 Å². The lowest BCUT2D eigenvalue weighted by molar-refractivity contribution is 0.736. The molecule has 0 spiro atoms. The monoisotopic (exact) mass is 168 g/mol. The van der Waals surface area contributed by atoms with E-state index in [1.807, 2.05) is 24.3 Å². The van der Waals surface area contributed by atoms with Crippen LogP contribution in [0.4, 0.5) is 0 Å². The molecule has 0 aliphatic rings. The van der Waals surface area contributed by atoms with Crippen LogP contribution in [0.2, 0.25) is 0 Å². The second-order valence-electron chi connectivity index (χ2n) is 2.43. The Labute approximate surface area is 72.0 Å². The molecule has 0 amide bonds. The van der Waals surface area contributed by atoms with Gasteiger partial charge in [0.25, 0.3) is 0 Å². The molecule has 0 heterocycles. The van der Waals surface area contributed by atoms with Gasteiger partial charge in [0.2, 0.25) is 0 Å². The third-order valence-corrected chi connectivity index (χ3v) is 1.87. The smallest absolute Gasteiger partial charge is 0.0419 e. The summed E-state index contributed by atoms with van der Waals surface area (Å²) in [6.07, 6.45) is 0. The summed E-state index contributed by atoms with van der Waals surface area (Å²) in [6.45, 7) is 0.478. The lowest BCUT2D eigenvalue weighted by atomic mass is 10.1. The van der Waals surface area contributed by atoms with E-state index in [2.05, 4.69) is 12.6 Å². The molecule has 0 bridgehead atoms. The van der Waals surface area contributed by atoms with Gasteiger partial charge in [0, 0.05) is 17.5 Å². The Morgan fingerprint density at radius 1 is 1.27 bits per heavy atom. The van der Waals surface area contributed by atoms with E-state index in [1.54, 1.807) is 0 Å². The molecule has 0 saturated carbocycles. The molecule has 1 aromatic rings. The molecule has 1 atom stereocenters. The van der Waals surface area contributed by atoms with Crippen molar-refractivity contribution >= 4 is 12.6 Å². The van der Waals surface area contributed by atoms with Crippen LogP contribution in [-0.4, -0.2) is 6.54 Å². The highest BCUT2D eigenvalue weighted by Gasteiger charge is 2.00. The highest BCUT2D eigenvalue weighted by molar-refractivity contribution is 7.80. The van der Waals surface area contributed by atoms with Crippen molar-refractivity contribution in [2.45, 2.75) is 10.9 Å². The molecule has 1 aromatic carbocycles. The molecule has 0 aliphatic heterocycles. The maximum atomic E-state index is 5.69. The predicted molar refractivity (Wildman–Crippen MR) is 49.7 cm³/mol. The van der Waals surface area contributed by atoms with Crippen molar-refractivity contribution in [2.75, 3.05) is 6.54 Å². The number of benzene rings is 1. The Kier molecular flexibility index (Phi) is 2.93. The number of nitrogens with two attached hydrogens (primary N) is 2. The van der Waals surface area contributed by atoms with Crippen LogP contribution in [0.5, 0.6) is 0 Å². The second kappa shape index (κ2) is 3.76. The lowest BCUT2D eigenvalue weighted by Gasteiger charge is -2.07. The van der Waals surface area contributed by atoms with Crippen LogP contribution in [0.15, 0.2) is 29.2 Å². The third kappa shape index (κ3) is 2.22. The molecule has 11 heavy (non-hydrogen) atoms. The molecule has 0 saturated heterocycles. The van der Waals surface area contributed by atoms with E-state index < -0.39 is 0 Å². The van der Waals surface area contributed by atoms with Gasteiger partial charge in [0.1, 0.15) is 0 Å². The van der Waals surface area contributed by atoms with Gasteiger partial charge in [-0.3, -0.25) is 0 Å². The number of thiol groups is 1. The molecule has 3 heteroatoms. The maximum absolute atomic E-state index is 5.69. The number of rotatable bonds is 2. The first-order chi connectivity index (χ1) is 5.24. The fourth-order valence-electron chi connectivity index (χ4n) is 0.858. The van der Waals surface area contributed by atoms with Crippen LogP contribution in [-0.2, 0) is 0 Å². The highest BCUT2D eigenvalue weighted by atomic mass is 32.1. The van der Waals surface area contributed by atoms with Crippen molar-refractivity contribution in [3.63, 3.8) is 0 Å². The Hall–Kier alpha value is -0.510. The minimum atomic E-state index is -0.0519. The van der Waals surface area contributed by atoms with Gasteiger partial charge >= 0.3 is 0 Å². The fourth-order valence-corrected chi connectivity index (χ4v) is 1.01. The van der Waals surface area contributed by atoms with Crippen molar-refractivity contribution in [1.82, 2.24) is 0 Å². The van der Waals surface area contributed by atoms with Gasteiger partial charge in [0.05, 0.1) is 0 Å². The molecule has 1 rings (SSSR count). The largest absolute Gasteiger partial charge is 0.329 e. The van der Waals surface area contributed by atoms with Gasteiger partial charge in [-0.15, -0.1) is 12.6 Å². The van der Waals surface area contributed by atoms with E-state index in [-0.39, 0.29) is 6.04 Å². The zero-order chi connectivity index (χ0) is 8.27. The summed E-state index contributed by atoms with van der Waals surface area (Å²) >= 11 is 4.16. The van der Waals surface area contributed by atoms with Crippen molar-refractivity contribution in [3.8, 4) is 0 Å². The molecule has 0 radical (unpaired) electrons. The lowest BCUT2D eigenvalue weighted by Crippen LogP contribution is -2.20. The summed E-state index contributed by atoms with van der Waals surface area (Å²) in [5, 5.41) is 0. The Balaban J connectivity index is 2.81. The zero-order valence-electron chi connectivity index (χ0n) is 6.20. The van der Waals surface area contributed by atoms with Crippen LogP contribution >= 0.6 is 12.6 Å². The summed E-state index contributed by atoms with van der Waals surface area (Å²) in [5.41, 5.74) is 12.2. The van der Waals surface area contributed by atoms with Crippen LogP contribution in [0.1, 0.15) is 11.6 Å². The topological polar surface area (TPSA) is 52.0 Å². The van der Waals surface area contributed by atoms with Crippen LogP contribution in [0.25, 0.3) is 0 Å². The quantitative estimate of drug-likeness (QED) is 0.575. The van der Waals surface area contributed by atoms with E-state index in [9.17, 15) is 0 Å². The second-order valence-corrected chi connectivity index (χ2v) is 2.95. The van der Waals surface area contributed by atoms with E-state index in [4.69, 9.17) is 11.5 Å². The molecule has 4 N–H and O–H groups in total. The molecular weight excluding hydrogens is 156 g/mol. The molecule has 0 unspecified atom stereocenters. The van der Waals surface area contributed by atoms with Gasteiger partial charge in [-0.2, -0.15) is 0 Å². The minimum absolute atomic E-state index is 0.0519. The van der Waals surface area contributed by atoms with E-state index in [0.717, 1.165) is 10.5 Å². The van der Waals surface area contributed by atoms with E-state index in [1.165, 1.54) is 0 Å². The highest BCUT2D eigenvalue weighted by Crippen LogP contribution is 2.12. The van der Waals surface area contributed by atoms with Gasteiger partial charge in [-0.1, -0.05) is 12.1 Å². The average molecular weight is 168 g/mol. The molecule has 0 fully saturated rings. The molecule has 0 aromatic heterocycles. The van der Waals surface area contributed by atoms with Crippen molar-refractivity contribution in [1.29, 1.82) is 0 Å². The van der Waals surface area contributed by atoms with Crippen molar-refractivity contribution in [2.24, 2.45) is 11.5 Å². The van der Waals surface area contributed by atoms with Gasteiger partial charge in [-0.25, -0.2) is 0 Å². The number of hydrogen-bond acceptors (Lipinski definition) is 3. The zero-order valence-corrected chi connectivity index (χ0v) is 7.09. The van der Waals surface area contributed by atoms with Crippen LogP contribution in [0, 0.1) is 0 Å². The first-order valence-electron chi connectivity index (χ1n) is 3.48.